The van der Waals surface area contributed by atoms with Gasteiger partial charge in [0.1, 0.15) is 5.82 Å². The van der Waals surface area contributed by atoms with E-state index < -0.39 is 0 Å². The van der Waals surface area contributed by atoms with Gasteiger partial charge in [0, 0.05) is 18.8 Å². The molecule has 116 valence electrons. The van der Waals surface area contributed by atoms with Crippen molar-refractivity contribution in [3.63, 3.8) is 0 Å². The zero-order valence-corrected chi connectivity index (χ0v) is 12.7. The van der Waals surface area contributed by atoms with E-state index in [2.05, 4.69) is 10.6 Å². The summed E-state index contributed by atoms with van der Waals surface area (Å²) in [5.74, 6) is -0.177. The van der Waals surface area contributed by atoms with E-state index in [1.165, 1.54) is 12.1 Å². The quantitative estimate of drug-likeness (QED) is 0.821. The lowest BCUT2D eigenvalue weighted by molar-refractivity contribution is -0.120. The molecule has 2 N–H and O–H groups in total. The van der Waals surface area contributed by atoms with Crippen LogP contribution in [-0.2, 0) is 17.8 Å². The summed E-state index contributed by atoms with van der Waals surface area (Å²) in [4.78, 5) is 11.6. The molecule has 0 aliphatic rings. The minimum atomic E-state index is -0.227. The second-order valence-corrected chi connectivity index (χ2v) is 5.20. The smallest absolute Gasteiger partial charge is 0.224 e. The summed E-state index contributed by atoms with van der Waals surface area (Å²) in [6.07, 6.45) is 1.34. The fourth-order valence-electron chi connectivity index (χ4n) is 2.06. The van der Waals surface area contributed by atoms with Crippen LogP contribution in [0.3, 0.4) is 0 Å². The molecule has 1 amide bonds. The number of nitrogens with one attached hydrogen (secondary N) is 2. The highest BCUT2D eigenvalue weighted by Gasteiger charge is 2.02. The molecule has 2 rings (SSSR count). The summed E-state index contributed by atoms with van der Waals surface area (Å²) in [6, 6.07) is 14.2. The maximum atomic E-state index is 12.8. The topological polar surface area (TPSA) is 41.1 Å². The Hall–Kier alpha value is -2.36. The van der Waals surface area contributed by atoms with Crippen LogP contribution in [0.4, 0.5) is 10.1 Å². The van der Waals surface area contributed by atoms with Gasteiger partial charge in [-0.15, -0.1) is 0 Å². The van der Waals surface area contributed by atoms with Crippen LogP contribution >= 0.6 is 0 Å². The zero-order valence-electron chi connectivity index (χ0n) is 12.7. The summed E-state index contributed by atoms with van der Waals surface area (Å²) < 4.78 is 12.8. The predicted octanol–water partition coefficient (Wildman–Crippen LogP) is 3.51. The SMILES string of the molecule is CCCNC(=O)Cc1ccc(NCc2ccc(F)cc2)cc1. The molecule has 0 saturated carbocycles. The Kier molecular flexibility index (Phi) is 5.95. The predicted molar refractivity (Wildman–Crippen MR) is 87.2 cm³/mol. The van der Waals surface area contributed by atoms with Crippen molar-refractivity contribution in [1.29, 1.82) is 0 Å². The van der Waals surface area contributed by atoms with E-state index in [4.69, 9.17) is 0 Å². The number of rotatable bonds is 7. The van der Waals surface area contributed by atoms with Crippen molar-refractivity contribution in [3.8, 4) is 0 Å². The highest BCUT2D eigenvalue weighted by Crippen LogP contribution is 2.12. The van der Waals surface area contributed by atoms with Crippen LogP contribution in [0.5, 0.6) is 0 Å². The zero-order chi connectivity index (χ0) is 15.8. The van der Waals surface area contributed by atoms with Crippen LogP contribution < -0.4 is 10.6 Å². The molecule has 0 atom stereocenters. The molecule has 0 bridgehead atoms. The monoisotopic (exact) mass is 300 g/mol. The molecule has 0 aliphatic carbocycles. The number of halogens is 1. The normalized spacial score (nSPS) is 10.3. The van der Waals surface area contributed by atoms with Crippen molar-refractivity contribution < 1.29 is 9.18 Å². The molecule has 3 nitrogen and oxygen atoms in total. The number of hydrogen-bond donors (Lipinski definition) is 2. The van der Waals surface area contributed by atoms with Crippen LogP contribution in [-0.4, -0.2) is 12.5 Å². The third kappa shape index (κ3) is 5.20. The molecule has 2 aromatic carbocycles. The van der Waals surface area contributed by atoms with Gasteiger partial charge in [0.15, 0.2) is 0 Å². The van der Waals surface area contributed by atoms with Gasteiger partial charge in [-0.05, 0) is 41.8 Å². The van der Waals surface area contributed by atoms with Gasteiger partial charge in [-0.1, -0.05) is 31.2 Å². The van der Waals surface area contributed by atoms with Crippen LogP contribution in [0.1, 0.15) is 24.5 Å². The number of hydrogen-bond acceptors (Lipinski definition) is 2. The Labute approximate surface area is 130 Å². The van der Waals surface area contributed by atoms with Gasteiger partial charge in [0.25, 0.3) is 0 Å². The maximum Gasteiger partial charge on any atom is 0.224 e. The summed E-state index contributed by atoms with van der Waals surface area (Å²) >= 11 is 0. The second-order valence-electron chi connectivity index (χ2n) is 5.20. The van der Waals surface area contributed by atoms with Crippen LogP contribution in [0.15, 0.2) is 48.5 Å². The highest BCUT2D eigenvalue weighted by atomic mass is 19.1. The van der Waals surface area contributed by atoms with Gasteiger partial charge in [-0.2, -0.15) is 0 Å². The molecular weight excluding hydrogens is 279 g/mol. The number of amides is 1. The van der Waals surface area contributed by atoms with Gasteiger partial charge in [-0.3, -0.25) is 4.79 Å². The van der Waals surface area contributed by atoms with Crippen molar-refractivity contribution >= 4 is 11.6 Å². The van der Waals surface area contributed by atoms with Crippen molar-refractivity contribution in [1.82, 2.24) is 5.32 Å². The summed E-state index contributed by atoms with van der Waals surface area (Å²) in [5.41, 5.74) is 2.98. The fraction of sp³-hybridized carbons (Fsp3) is 0.278. The second kappa shape index (κ2) is 8.17. The molecule has 0 radical (unpaired) electrons. The van der Waals surface area contributed by atoms with Gasteiger partial charge < -0.3 is 10.6 Å². The summed E-state index contributed by atoms with van der Waals surface area (Å²) in [7, 11) is 0. The minimum Gasteiger partial charge on any atom is -0.381 e. The number of benzene rings is 2. The number of carbonyl (C=O) groups is 1. The molecule has 0 heterocycles. The average Bonchev–Trinajstić information content (AvgIpc) is 2.54. The Morgan fingerprint density at radius 1 is 1.00 bits per heavy atom. The molecule has 0 fully saturated rings. The van der Waals surface area contributed by atoms with Gasteiger partial charge in [-0.25, -0.2) is 4.39 Å². The van der Waals surface area contributed by atoms with E-state index in [0.717, 1.165) is 29.8 Å². The molecule has 0 unspecified atom stereocenters. The van der Waals surface area contributed by atoms with Gasteiger partial charge >= 0.3 is 0 Å². The molecule has 2 aromatic rings. The molecular formula is C18H21FN2O. The van der Waals surface area contributed by atoms with E-state index >= 15 is 0 Å². The first-order chi connectivity index (χ1) is 10.7. The average molecular weight is 300 g/mol. The first-order valence-corrected chi connectivity index (χ1v) is 7.51. The largest absolute Gasteiger partial charge is 0.381 e. The highest BCUT2D eigenvalue weighted by molar-refractivity contribution is 5.78. The molecule has 0 spiro atoms. The molecule has 0 aromatic heterocycles. The van der Waals surface area contributed by atoms with Crippen LogP contribution in [0.25, 0.3) is 0 Å². The standard InChI is InChI=1S/C18H21FN2O/c1-2-11-20-18(22)12-14-5-9-17(10-6-14)21-13-15-3-7-16(19)8-4-15/h3-10,21H,2,11-13H2,1H3,(H,20,22). The fourth-order valence-corrected chi connectivity index (χ4v) is 2.06. The van der Waals surface area contributed by atoms with E-state index in [1.54, 1.807) is 12.1 Å². The third-order valence-electron chi connectivity index (χ3n) is 3.30. The van der Waals surface area contributed by atoms with E-state index in [-0.39, 0.29) is 11.7 Å². The summed E-state index contributed by atoms with van der Waals surface area (Å²) in [5, 5.41) is 6.13. The van der Waals surface area contributed by atoms with Crippen molar-refractivity contribution in [3.05, 3.63) is 65.5 Å². The van der Waals surface area contributed by atoms with E-state index in [1.807, 2.05) is 31.2 Å². The molecule has 0 saturated heterocycles. The lowest BCUT2D eigenvalue weighted by Gasteiger charge is -2.08. The summed E-state index contributed by atoms with van der Waals surface area (Å²) in [6.45, 7) is 3.38. The van der Waals surface area contributed by atoms with Crippen LogP contribution in [0.2, 0.25) is 0 Å². The van der Waals surface area contributed by atoms with Gasteiger partial charge in [0.2, 0.25) is 5.91 Å². The van der Waals surface area contributed by atoms with Gasteiger partial charge in [0.05, 0.1) is 6.42 Å². The third-order valence-corrected chi connectivity index (χ3v) is 3.30. The van der Waals surface area contributed by atoms with E-state index in [0.29, 0.717) is 13.0 Å². The Morgan fingerprint density at radius 3 is 2.27 bits per heavy atom. The number of anilines is 1. The molecule has 4 heteroatoms. The first-order valence-electron chi connectivity index (χ1n) is 7.51. The Bertz CT molecular complexity index is 593. The number of carbonyl (C=O) groups excluding carboxylic acids is 1. The molecule has 0 aliphatic heterocycles. The molecule has 22 heavy (non-hydrogen) atoms. The van der Waals surface area contributed by atoms with Crippen molar-refractivity contribution in [2.75, 3.05) is 11.9 Å². The van der Waals surface area contributed by atoms with Crippen molar-refractivity contribution in [2.45, 2.75) is 26.3 Å². The maximum absolute atomic E-state index is 12.8. The Balaban J connectivity index is 1.83. The first kappa shape index (κ1) is 16.0. The van der Waals surface area contributed by atoms with Crippen LogP contribution in [0, 0.1) is 5.82 Å². The minimum absolute atomic E-state index is 0.0499. The lowest BCUT2D eigenvalue weighted by atomic mass is 10.1. The van der Waals surface area contributed by atoms with E-state index in [9.17, 15) is 9.18 Å². The lowest BCUT2D eigenvalue weighted by Crippen LogP contribution is -2.25. The van der Waals surface area contributed by atoms with Crippen molar-refractivity contribution in [2.24, 2.45) is 0 Å². The Morgan fingerprint density at radius 2 is 1.64 bits per heavy atom.